The van der Waals surface area contributed by atoms with Gasteiger partial charge in [0.1, 0.15) is 48.8 Å². The first-order valence-corrected chi connectivity index (χ1v) is 29.2. The molecule has 0 saturated carbocycles. The average molecular weight is 1350 g/mol. The van der Waals surface area contributed by atoms with Crippen molar-refractivity contribution >= 4 is 73.7 Å². The third kappa shape index (κ3) is 21.0. The summed E-state index contributed by atoms with van der Waals surface area (Å²) in [7, 11) is 6.67. The van der Waals surface area contributed by atoms with Crippen LogP contribution < -0.4 is 85.2 Å². The van der Waals surface area contributed by atoms with Gasteiger partial charge in [0.05, 0.1) is 48.1 Å². The van der Waals surface area contributed by atoms with Gasteiger partial charge in [-0.25, -0.2) is 0 Å². The molecule has 1 unspecified atom stereocenters. The van der Waals surface area contributed by atoms with Crippen molar-refractivity contribution in [3.05, 3.63) is 248 Å². The fraction of sp³-hybridized carbons (Fsp3) is 0.235. The Kier molecular flexibility index (Phi) is 26.1. The third-order valence-electron chi connectivity index (χ3n) is 13.3. The molecule has 2 heterocycles. The number of methoxy groups -OCH3 is 2. The SMILES string of the molecule is CC(C)(C)[O-].COc1ccc(COc2ccc(C3=NC(Cc4ccc(C(F)(F)F)cc4)C(=O)N(C)c4ccc(Cl)cc43)cc2)cc1.COc1ccc(COc2ccc(C3=NCC(=O)N(C)c4ccc(Cl)cc43)cc2)cc1.FC(F)(F)c1ccc(CBr)cc1.[K+]. The van der Waals surface area contributed by atoms with Crippen molar-refractivity contribution in [3.8, 4) is 23.0 Å². The molecule has 21 heteroatoms. The molecule has 0 aromatic heterocycles. The second kappa shape index (κ2) is 32.5. The molecule has 2 aliphatic rings. The molecular weight excluding hydrogens is 1290 g/mol. The van der Waals surface area contributed by atoms with Crippen molar-refractivity contribution in [2.24, 2.45) is 9.98 Å². The number of amides is 2. The number of benzodiazepines with no additional fused rings is 2. The predicted molar refractivity (Wildman–Crippen MR) is 336 cm³/mol. The van der Waals surface area contributed by atoms with Crippen molar-refractivity contribution in [3.63, 3.8) is 0 Å². The van der Waals surface area contributed by atoms with Crippen LogP contribution in [0.25, 0.3) is 0 Å². The quantitative estimate of drug-likeness (QED) is 0.0639. The van der Waals surface area contributed by atoms with Gasteiger partial charge in [-0.2, -0.15) is 26.3 Å². The molecule has 0 fully saturated rings. The smallest absolute Gasteiger partial charge is 0.850 e. The molecule has 0 radical (unpaired) electrons. The van der Waals surface area contributed by atoms with E-state index >= 15 is 0 Å². The van der Waals surface area contributed by atoms with Crippen molar-refractivity contribution in [2.45, 2.75) is 69.7 Å². The Morgan fingerprint density at radius 2 is 0.910 bits per heavy atom. The van der Waals surface area contributed by atoms with E-state index in [0.717, 1.165) is 86.3 Å². The molecule has 0 saturated heterocycles. The first-order chi connectivity index (χ1) is 41.7. The van der Waals surface area contributed by atoms with Crippen LogP contribution in [0.15, 0.2) is 192 Å². The summed E-state index contributed by atoms with van der Waals surface area (Å²) in [5.41, 5.74) is 7.22. The molecule has 2 amide bonds. The summed E-state index contributed by atoms with van der Waals surface area (Å²) in [6, 6.07) is 50.2. The van der Waals surface area contributed by atoms with Gasteiger partial charge in [0.2, 0.25) is 5.91 Å². The van der Waals surface area contributed by atoms with Crippen LogP contribution in [0.3, 0.4) is 0 Å². The van der Waals surface area contributed by atoms with E-state index in [9.17, 15) is 41.0 Å². The van der Waals surface area contributed by atoms with Gasteiger partial charge in [0, 0.05) is 58.1 Å². The number of carbonyl (C=O) groups excluding carboxylic acids is 2. The topological polar surface area (TPSA) is 125 Å². The van der Waals surface area contributed by atoms with Crippen LogP contribution in [0.5, 0.6) is 23.0 Å². The van der Waals surface area contributed by atoms with Crippen LogP contribution in [-0.4, -0.2) is 69.7 Å². The Balaban J connectivity index is 0.000000228. The fourth-order valence-corrected chi connectivity index (χ4v) is 9.43. The maximum absolute atomic E-state index is 13.5. The summed E-state index contributed by atoms with van der Waals surface area (Å²) in [6.07, 6.45) is -8.53. The number of aliphatic imine (C=N–C) groups is 2. The molecule has 8 aromatic carbocycles. The fourth-order valence-electron chi connectivity index (χ4n) is 8.72. The van der Waals surface area contributed by atoms with E-state index in [0.29, 0.717) is 56.9 Å². The van der Waals surface area contributed by atoms with Crippen LogP contribution in [0, 0.1) is 0 Å². The van der Waals surface area contributed by atoms with E-state index in [4.69, 9.17) is 47.1 Å². The minimum atomic E-state index is -4.44. The molecule has 8 aromatic rings. The zero-order chi connectivity index (χ0) is 63.9. The molecule has 11 nitrogen and oxygen atoms in total. The monoisotopic (exact) mass is 1350 g/mol. The Morgan fingerprint density at radius 1 is 0.539 bits per heavy atom. The summed E-state index contributed by atoms with van der Waals surface area (Å²) in [6.45, 7) is 5.82. The summed E-state index contributed by atoms with van der Waals surface area (Å²) in [5, 5.41) is 11.8. The molecule has 89 heavy (non-hydrogen) atoms. The maximum Gasteiger partial charge on any atom is 1.00 e. The van der Waals surface area contributed by atoms with E-state index in [1.54, 1.807) is 78.3 Å². The number of carbonyl (C=O) groups is 2. The summed E-state index contributed by atoms with van der Waals surface area (Å²) in [5.74, 6) is 2.65. The minimum Gasteiger partial charge on any atom is -0.850 e. The summed E-state index contributed by atoms with van der Waals surface area (Å²) >= 11 is 15.7. The first kappa shape index (κ1) is 71.6. The number of likely N-dealkylation sites (N-methyl/N-ethyl adjacent to an activating group) is 2. The van der Waals surface area contributed by atoms with Crippen LogP contribution in [0.2, 0.25) is 10.0 Å². The van der Waals surface area contributed by atoms with E-state index < -0.39 is 35.1 Å². The van der Waals surface area contributed by atoms with Crippen molar-refractivity contribution in [2.75, 3.05) is 44.7 Å². The standard InChI is InChI=1S/C32H26ClF3N2O3.C24H21ClN2O3.C8H6BrF3.C4H9O.K/c1-38-29-16-11-24(33)18-27(29)30(37-28(31(38)39)17-20-3-9-23(10-4-20)32(34,35)36)22-7-14-26(15-8-22)41-19-21-5-12-25(40-2)13-6-21;1-27-22-12-7-18(25)13-21(22)24(26-14-23(27)28)17-5-10-20(11-6-17)30-15-16-3-8-19(29-2)9-4-16;9-5-6-1-3-7(4-2-6)8(10,11)12;1-4(2,3)5;/h3-16,18,28H,17,19H2,1-2H3;3-13H,14-15H2,1-2H3;1-4H,5H2;1-3H3;/q;;;-1;+1. The Hall–Kier alpha value is -6.52. The second-order valence-electron chi connectivity index (χ2n) is 21.0. The number of fused-ring (bicyclic) bond motifs is 2. The van der Waals surface area contributed by atoms with E-state index in [-0.39, 0.29) is 76.2 Å². The van der Waals surface area contributed by atoms with Gasteiger partial charge in [-0.05, 0) is 156 Å². The first-order valence-electron chi connectivity index (χ1n) is 27.3. The van der Waals surface area contributed by atoms with Crippen LogP contribution >= 0.6 is 39.1 Å². The Bertz CT molecular complexity index is 3700. The Morgan fingerprint density at radius 3 is 1.31 bits per heavy atom. The third-order valence-corrected chi connectivity index (χ3v) is 14.4. The number of alkyl halides is 7. The zero-order valence-corrected chi connectivity index (χ0v) is 56.2. The summed E-state index contributed by atoms with van der Waals surface area (Å²) in [4.78, 5) is 38.4. The molecule has 0 N–H and O–H groups in total. The number of benzene rings is 8. The van der Waals surface area contributed by atoms with Gasteiger partial charge in [0.15, 0.2) is 0 Å². The minimum absolute atomic E-state index is 0. The molecular formula is C68H62BrCl2F6KN4O7. The van der Waals surface area contributed by atoms with Gasteiger partial charge >= 0.3 is 63.7 Å². The number of halogens is 9. The van der Waals surface area contributed by atoms with Crippen LogP contribution in [0.1, 0.15) is 76.4 Å². The van der Waals surface area contributed by atoms with Gasteiger partial charge < -0.3 is 33.9 Å². The number of rotatable bonds is 13. The van der Waals surface area contributed by atoms with Gasteiger partial charge in [-0.15, -0.1) is 5.60 Å². The average Bonchev–Trinajstić information content (AvgIpc) is 1.93. The largest absolute Gasteiger partial charge is 1.00 e. The van der Waals surface area contributed by atoms with Crippen LogP contribution in [0.4, 0.5) is 37.7 Å². The van der Waals surface area contributed by atoms with Crippen molar-refractivity contribution in [1.29, 1.82) is 0 Å². The number of hydrogen-bond acceptors (Lipinski definition) is 9. The number of hydrogen-bond donors (Lipinski definition) is 0. The van der Waals surface area contributed by atoms with Gasteiger partial charge in [-0.1, -0.05) is 108 Å². The zero-order valence-electron chi connectivity index (χ0n) is 50.0. The van der Waals surface area contributed by atoms with Crippen molar-refractivity contribution in [1.82, 2.24) is 0 Å². The molecule has 460 valence electrons. The normalized spacial score (nSPS) is 13.7. The van der Waals surface area contributed by atoms with Gasteiger partial charge in [-0.3, -0.25) is 19.6 Å². The molecule has 1 atom stereocenters. The predicted octanol–water partition coefficient (Wildman–Crippen LogP) is 12.9. The van der Waals surface area contributed by atoms with Crippen molar-refractivity contribution < 1.29 is 111 Å². The Labute approximate surface area is 574 Å². The number of ether oxygens (including phenoxy) is 4. The molecule has 0 spiro atoms. The van der Waals surface area contributed by atoms with E-state index in [1.165, 1.54) is 29.2 Å². The van der Waals surface area contributed by atoms with E-state index in [1.807, 2.05) is 109 Å². The second-order valence-corrected chi connectivity index (χ2v) is 22.4. The number of anilines is 2. The molecule has 2 aliphatic heterocycles. The van der Waals surface area contributed by atoms with Gasteiger partial charge in [0.25, 0.3) is 5.91 Å². The molecule has 0 bridgehead atoms. The molecule has 10 rings (SSSR count). The molecule has 0 aliphatic carbocycles. The summed E-state index contributed by atoms with van der Waals surface area (Å²) < 4.78 is 97.4. The van der Waals surface area contributed by atoms with E-state index in [2.05, 4.69) is 20.9 Å². The maximum atomic E-state index is 13.5. The number of nitrogens with zero attached hydrogens (tertiary/aromatic N) is 4. The van der Waals surface area contributed by atoms with Crippen LogP contribution in [-0.2, 0) is 46.9 Å².